The molecular weight excluding hydrogens is 364 g/mol. The fourth-order valence-corrected chi connectivity index (χ4v) is 4.79. The van der Waals surface area contributed by atoms with Gasteiger partial charge in [-0.3, -0.25) is 4.90 Å². The lowest BCUT2D eigenvalue weighted by Gasteiger charge is -2.32. The highest BCUT2D eigenvalue weighted by atomic mass is 35.5. The quantitative estimate of drug-likeness (QED) is 0.860. The zero-order valence-corrected chi connectivity index (χ0v) is 14.9. The molecule has 1 aromatic carbocycles. The van der Waals surface area contributed by atoms with Crippen LogP contribution in [0.2, 0.25) is 5.02 Å². The molecule has 9 heteroatoms. The van der Waals surface area contributed by atoms with E-state index in [9.17, 15) is 12.8 Å². The monoisotopic (exact) mass is 383 g/mol. The second kappa shape index (κ2) is 7.63. The first-order chi connectivity index (χ1) is 10.5. The molecule has 2 fully saturated rings. The average Bonchev–Trinajstić information content (AvgIpc) is 2.98. The summed E-state index contributed by atoms with van der Waals surface area (Å²) in [6.07, 6.45) is 0.786. The predicted octanol–water partition coefficient (Wildman–Crippen LogP) is 1.57. The van der Waals surface area contributed by atoms with Gasteiger partial charge in [0.1, 0.15) is 10.7 Å². The molecule has 1 unspecified atom stereocenters. The first kappa shape index (κ1) is 18.9. The van der Waals surface area contributed by atoms with Crippen LogP contribution in [0.25, 0.3) is 0 Å². The lowest BCUT2D eigenvalue weighted by atomic mass is 10.2. The maximum Gasteiger partial charge on any atom is 0.246 e. The van der Waals surface area contributed by atoms with Crippen LogP contribution >= 0.6 is 24.0 Å². The number of sulfonamides is 1. The van der Waals surface area contributed by atoms with Crippen molar-refractivity contribution in [3.63, 3.8) is 0 Å². The summed E-state index contributed by atoms with van der Waals surface area (Å²) in [5, 5.41) is 3.47. The van der Waals surface area contributed by atoms with Gasteiger partial charge in [-0.2, -0.15) is 4.31 Å². The molecule has 0 saturated carbocycles. The second-order valence-electron chi connectivity index (χ2n) is 5.67. The summed E-state index contributed by atoms with van der Waals surface area (Å²) in [4.78, 5) is 2.02. The van der Waals surface area contributed by atoms with Crippen molar-refractivity contribution >= 4 is 34.0 Å². The van der Waals surface area contributed by atoms with Gasteiger partial charge in [0.25, 0.3) is 0 Å². The van der Waals surface area contributed by atoms with Crippen molar-refractivity contribution in [2.24, 2.45) is 0 Å². The van der Waals surface area contributed by atoms with E-state index in [2.05, 4.69) is 10.2 Å². The van der Waals surface area contributed by atoms with Crippen molar-refractivity contribution in [2.75, 3.05) is 39.3 Å². The van der Waals surface area contributed by atoms with Crippen LogP contribution in [-0.2, 0) is 10.0 Å². The summed E-state index contributed by atoms with van der Waals surface area (Å²) in [6, 6.07) is 3.90. The number of benzene rings is 1. The van der Waals surface area contributed by atoms with E-state index in [1.165, 1.54) is 16.4 Å². The molecule has 1 N–H and O–H groups in total. The van der Waals surface area contributed by atoms with Crippen molar-refractivity contribution in [3.05, 3.63) is 29.0 Å². The number of piperazine rings is 1. The maximum atomic E-state index is 13.9. The van der Waals surface area contributed by atoms with Gasteiger partial charge in [0.05, 0.1) is 0 Å². The van der Waals surface area contributed by atoms with E-state index in [0.29, 0.717) is 13.1 Å². The van der Waals surface area contributed by atoms with Gasteiger partial charge in [-0.15, -0.1) is 12.4 Å². The smallest absolute Gasteiger partial charge is 0.246 e. The molecule has 0 aromatic heterocycles. The standard InChI is InChI=1S/C14H19ClFN3O2S.ClH/c15-11-1-2-14(13(16)9-11)22(20,21)19-6-3-12(10-19)18-7-4-17-5-8-18;/h1-2,9,12,17H,3-8,10H2;1H. The van der Waals surface area contributed by atoms with Crippen molar-refractivity contribution in [2.45, 2.75) is 17.4 Å². The van der Waals surface area contributed by atoms with Crippen LogP contribution in [0.4, 0.5) is 4.39 Å². The summed E-state index contributed by atoms with van der Waals surface area (Å²) >= 11 is 5.69. The number of nitrogens with zero attached hydrogens (tertiary/aromatic N) is 2. The number of hydrogen-bond acceptors (Lipinski definition) is 4. The Labute approximate surface area is 147 Å². The largest absolute Gasteiger partial charge is 0.314 e. The van der Waals surface area contributed by atoms with Crippen LogP contribution < -0.4 is 5.32 Å². The molecule has 0 bridgehead atoms. The Morgan fingerprint density at radius 3 is 2.57 bits per heavy atom. The van der Waals surface area contributed by atoms with Crippen molar-refractivity contribution in [3.8, 4) is 0 Å². The molecule has 2 aliphatic rings. The molecule has 2 saturated heterocycles. The zero-order valence-electron chi connectivity index (χ0n) is 12.5. The summed E-state index contributed by atoms with van der Waals surface area (Å²) in [7, 11) is -3.80. The average molecular weight is 384 g/mol. The molecule has 2 heterocycles. The summed E-state index contributed by atoms with van der Waals surface area (Å²) < 4.78 is 40.5. The van der Waals surface area contributed by atoms with Gasteiger partial charge in [-0.05, 0) is 24.6 Å². The molecule has 0 radical (unpaired) electrons. The number of rotatable bonds is 3. The minimum absolute atomic E-state index is 0. The Hall–Kier alpha value is -0.440. The number of nitrogens with one attached hydrogen (secondary N) is 1. The maximum absolute atomic E-state index is 13.9. The SMILES string of the molecule is Cl.O=S(=O)(c1ccc(Cl)cc1F)N1CCC(N2CCNCC2)C1. The number of halogens is 3. The third kappa shape index (κ3) is 3.97. The molecule has 2 aliphatic heterocycles. The van der Waals surface area contributed by atoms with E-state index in [1.807, 2.05) is 0 Å². The van der Waals surface area contributed by atoms with Crippen LogP contribution in [0.15, 0.2) is 23.1 Å². The van der Waals surface area contributed by atoms with E-state index in [-0.39, 0.29) is 28.4 Å². The van der Waals surface area contributed by atoms with Crippen LogP contribution in [-0.4, -0.2) is 62.9 Å². The first-order valence-electron chi connectivity index (χ1n) is 7.38. The molecule has 0 spiro atoms. The molecule has 130 valence electrons. The highest BCUT2D eigenvalue weighted by molar-refractivity contribution is 7.89. The molecule has 1 atom stereocenters. The van der Waals surface area contributed by atoms with Gasteiger partial charge in [-0.25, -0.2) is 12.8 Å². The van der Waals surface area contributed by atoms with E-state index in [1.54, 1.807) is 0 Å². The molecule has 5 nitrogen and oxygen atoms in total. The number of hydrogen-bond donors (Lipinski definition) is 1. The molecule has 0 amide bonds. The predicted molar refractivity (Wildman–Crippen MR) is 90.3 cm³/mol. The van der Waals surface area contributed by atoms with Crippen LogP contribution in [0.5, 0.6) is 0 Å². The first-order valence-corrected chi connectivity index (χ1v) is 9.20. The van der Waals surface area contributed by atoms with Crippen LogP contribution in [0, 0.1) is 5.82 Å². The Morgan fingerprint density at radius 2 is 1.91 bits per heavy atom. The fourth-order valence-electron chi connectivity index (χ4n) is 3.10. The fraction of sp³-hybridized carbons (Fsp3) is 0.571. The molecular formula is C14H20Cl2FN3O2S. The van der Waals surface area contributed by atoms with E-state index in [4.69, 9.17) is 11.6 Å². The summed E-state index contributed by atoms with van der Waals surface area (Å²) in [5.74, 6) is -0.793. The Bertz CT molecular complexity index is 653. The van der Waals surface area contributed by atoms with Gasteiger partial charge >= 0.3 is 0 Å². The van der Waals surface area contributed by atoms with Crippen molar-refractivity contribution < 1.29 is 12.8 Å². The van der Waals surface area contributed by atoms with Gasteiger partial charge in [0.2, 0.25) is 10.0 Å². The van der Waals surface area contributed by atoms with E-state index >= 15 is 0 Å². The zero-order chi connectivity index (χ0) is 15.7. The highest BCUT2D eigenvalue weighted by Gasteiger charge is 2.36. The van der Waals surface area contributed by atoms with Crippen molar-refractivity contribution in [1.82, 2.24) is 14.5 Å². The lowest BCUT2D eigenvalue weighted by Crippen LogP contribution is -2.49. The summed E-state index contributed by atoms with van der Waals surface area (Å²) in [5.41, 5.74) is 0. The third-order valence-electron chi connectivity index (χ3n) is 4.31. The van der Waals surface area contributed by atoms with Crippen LogP contribution in [0.3, 0.4) is 0 Å². The van der Waals surface area contributed by atoms with Crippen LogP contribution in [0.1, 0.15) is 6.42 Å². The molecule has 1 aromatic rings. The van der Waals surface area contributed by atoms with Gasteiger partial charge in [0, 0.05) is 50.3 Å². The van der Waals surface area contributed by atoms with Gasteiger partial charge in [0.15, 0.2) is 0 Å². The van der Waals surface area contributed by atoms with E-state index in [0.717, 1.165) is 38.7 Å². The second-order valence-corrected chi connectivity index (χ2v) is 8.01. The molecule has 0 aliphatic carbocycles. The van der Waals surface area contributed by atoms with Crippen molar-refractivity contribution in [1.29, 1.82) is 0 Å². The summed E-state index contributed by atoms with van der Waals surface area (Å²) in [6.45, 7) is 4.55. The van der Waals surface area contributed by atoms with Gasteiger partial charge < -0.3 is 5.32 Å². The molecule has 23 heavy (non-hydrogen) atoms. The minimum atomic E-state index is -3.80. The Balaban J connectivity index is 0.00000192. The lowest BCUT2D eigenvalue weighted by molar-refractivity contribution is 0.179. The van der Waals surface area contributed by atoms with E-state index < -0.39 is 15.8 Å². The minimum Gasteiger partial charge on any atom is -0.314 e. The normalized spacial score (nSPS) is 23.7. The topological polar surface area (TPSA) is 52.7 Å². The molecule has 3 rings (SSSR count). The Morgan fingerprint density at radius 1 is 1.22 bits per heavy atom. The highest BCUT2D eigenvalue weighted by Crippen LogP contribution is 2.26. The Kier molecular flexibility index (Phi) is 6.27. The third-order valence-corrected chi connectivity index (χ3v) is 6.44. The van der Waals surface area contributed by atoms with Gasteiger partial charge in [-0.1, -0.05) is 11.6 Å².